The summed E-state index contributed by atoms with van der Waals surface area (Å²) >= 11 is 1.64. The Morgan fingerprint density at radius 1 is 1.04 bits per heavy atom. The van der Waals surface area contributed by atoms with Gasteiger partial charge in [-0.25, -0.2) is 4.98 Å². The minimum atomic E-state index is 0.615. The topological polar surface area (TPSA) is 57.4 Å². The summed E-state index contributed by atoms with van der Waals surface area (Å²) in [4.78, 5) is 4.71. The van der Waals surface area contributed by atoms with E-state index >= 15 is 0 Å². The number of nitrogen functional groups attached to an aromatic ring is 1. The van der Waals surface area contributed by atoms with Gasteiger partial charge in [-0.3, -0.25) is 0 Å². The molecular weight excluding hydrogens is 308 g/mol. The highest BCUT2D eigenvalue weighted by Crippen LogP contribution is 2.30. The van der Waals surface area contributed by atoms with Gasteiger partial charge in [-0.2, -0.15) is 0 Å². The lowest BCUT2D eigenvalue weighted by molar-refractivity contribution is 0.410. The van der Waals surface area contributed by atoms with Crippen molar-refractivity contribution in [3.63, 3.8) is 0 Å². The van der Waals surface area contributed by atoms with Crippen LogP contribution in [0.25, 0.3) is 11.3 Å². The molecule has 5 heteroatoms. The Hall–Kier alpha value is -2.53. The van der Waals surface area contributed by atoms with E-state index in [1.165, 1.54) is 0 Å². The van der Waals surface area contributed by atoms with Crippen molar-refractivity contribution in [3.8, 4) is 22.8 Å². The third-order valence-electron chi connectivity index (χ3n) is 3.61. The summed E-state index contributed by atoms with van der Waals surface area (Å²) in [5.41, 5.74) is 9.63. The minimum Gasteiger partial charge on any atom is -0.496 e. The Morgan fingerprint density at radius 2 is 1.83 bits per heavy atom. The predicted molar refractivity (Wildman–Crippen MR) is 94.3 cm³/mol. The maximum Gasteiger partial charge on any atom is 0.141 e. The molecule has 0 unspecified atom stereocenters. The van der Waals surface area contributed by atoms with E-state index in [-0.39, 0.29) is 0 Å². The van der Waals surface area contributed by atoms with Crippen molar-refractivity contribution in [1.29, 1.82) is 0 Å². The largest absolute Gasteiger partial charge is 0.496 e. The monoisotopic (exact) mass is 326 g/mol. The number of ether oxygens (including phenoxy) is 2. The van der Waals surface area contributed by atoms with Gasteiger partial charge < -0.3 is 15.2 Å². The molecule has 0 saturated heterocycles. The quantitative estimate of drug-likeness (QED) is 0.720. The van der Waals surface area contributed by atoms with Crippen molar-refractivity contribution in [1.82, 2.24) is 4.98 Å². The standard InChI is InChI=1S/C18H18N2O2S/c1-21-16-6-4-3-5-13(16)10-18-20-15(11-23-18)12-7-8-17(22-2)14(19)9-12/h3-9,11H,10,19H2,1-2H3. The van der Waals surface area contributed by atoms with Crippen molar-refractivity contribution < 1.29 is 9.47 Å². The van der Waals surface area contributed by atoms with E-state index in [0.717, 1.165) is 34.0 Å². The molecule has 118 valence electrons. The zero-order chi connectivity index (χ0) is 16.2. The van der Waals surface area contributed by atoms with Crippen molar-refractivity contribution in [2.45, 2.75) is 6.42 Å². The Kier molecular flexibility index (Phi) is 4.48. The average Bonchev–Trinajstić information content (AvgIpc) is 3.04. The van der Waals surface area contributed by atoms with Crippen LogP contribution in [0, 0.1) is 0 Å². The van der Waals surface area contributed by atoms with Gasteiger partial charge in [0.1, 0.15) is 11.5 Å². The number of anilines is 1. The van der Waals surface area contributed by atoms with E-state index in [0.29, 0.717) is 11.4 Å². The fourth-order valence-electron chi connectivity index (χ4n) is 2.43. The number of benzene rings is 2. The summed E-state index contributed by atoms with van der Waals surface area (Å²) in [6, 6.07) is 13.7. The number of thiazole rings is 1. The number of nitrogens with two attached hydrogens (primary N) is 1. The maximum atomic E-state index is 5.97. The smallest absolute Gasteiger partial charge is 0.141 e. The number of hydrogen-bond donors (Lipinski definition) is 1. The maximum absolute atomic E-state index is 5.97. The molecule has 0 aliphatic carbocycles. The average molecular weight is 326 g/mol. The van der Waals surface area contributed by atoms with E-state index < -0.39 is 0 Å². The third kappa shape index (κ3) is 3.29. The number of methoxy groups -OCH3 is 2. The highest BCUT2D eigenvalue weighted by Gasteiger charge is 2.10. The van der Waals surface area contributed by atoms with Gasteiger partial charge in [0.05, 0.1) is 30.6 Å². The Labute approximate surface area is 139 Å². The number of nitrogens with zero attached hydrogens (tertiary/aromatic N) is 1. The van der Waals surface area contributed by atoms with Crippen LogP contribution in [0.1, 0.15) is 10.6 Å². The van der Waals surface area contributed by atoms with Gasteiger partial charge in [0, 0.05) is 22.9 Å². The van der Waals surface area contributed by atoms with Gasteiger partial charge in [-0.15, -0.1) is 11.3 Å². The SMILES string of the molecule is COc1ccc(-c2csc(Cc3ccccc3OC)n2)cc1N. The fourth-order valence-corrected chi connectivity index (χ4v) is 3.26. The van der Waals surface area contributed by atoms with E-state index in [1.807, 2.05) is 41.8 Å². The second-order valence-electron chi connectivity index (χ2n) is 5.07. The van der Waals surface area contributed by atoms with Crippen molar-refractivity contribution in [3.05, 3.63) is 58.4 Å². The molecule has 0 amide bonds. The van der Waals surface area contributed by atoms with Gasteiger partial charge >= 0.3 is 0 Å². The third-order valence-corrected chi connectivity index (χ3v) is 4.46. The zero-order valence-corrected chi connectivity index (χ0v) is 13.9. The highest BCUT2D eigenvalue weighted by atomic mass is 32.1. The van der Waals surface area contributed by atoms with Gasteiger partial charge in [-0.1, -0.05) is 18.2 Å². The summed E-state index contributed by atoms with van der Waals surface area (Å²) in [5, 5.41) is 3.09. The van der Waals surface area contributed by atoms with Crippen LogP contribution in [0.15, 0.2) is 47.8 Å². The first kappa shape index (κ1) is 15.4. The second-order valence-corrected chi connectivity index (χ2v) is 6.01. The van der Waals surface area contributed by atoms with Gasteiger partial charge in [0.25, 0.3) is 0 Å². The predicted octanol–water partition coefficient (Wildman–Crippen LogP) is 4.00. The molecule has 0 saturated carbocycles. The zero-order valence-electron chi connectivity index (χ0n) is 13.1. The first-order valence-electron chi connectivity index (χ1n) is 7.21. The first-order valence-corrected chi connectivity index (χ1v) is 8.09. The highest BCUT2D eigenvalue weighted by molar-refractivity contribution is 7.10. The minimum absolute atomic E-state index is 0.615. The lowest BCUT2D eigenvalue weighted by Gasteiger charge is -2.06. The molecule has 1 aromatic heterocycles. The van der Waals surface area contributed by atoms with Gasteiger partial charge in [-0.05, 0) is 24.3 Å². The Morgan fingerprint density at radius 3 is 2.57 bits per heavy atom. The molecule has 23 heavy (non-hydrogen) atoms. The van der Waals surface area contributed by atoms with Crippen LogP contribution in [-0.2, 0) is 6.42 Å². The lowest BCUT2D eigenvalue weighted by Crippen LogP contribution is -1.94. The van der Waals surface area contributed by atoms with Gasteiger partial charge in [0.15, 0.2) is 0 Å². The number of para-hydroxylation sites is 1. The van der Waals surface area contributed by atoms with E-state index in [4.69, 9.17) is 20.2 Å². The van der Waals surface area contributed by atoms with Crippen LogP contribution in [0.2, 0.25) is 0 Å². The molecule has 0 bridgehead atoms. The molecule has 0 radical (unpaired) electrons. The van der Waals surface area contributed by atoms with Gasteiger partial charge in [0.2, 0.25) is 0 Å². The molecule has 4 nitrogen and oxygen atoms in total. The Balaban J connectivity index is 1.84. The molecule has 2 aromatic carbocycles. The fraction of sp³-hybridized carbons (Fsp3) is 0.167. The number of hydrogen-bond acceptors (Lipinski definition) is 5. The number of aromatic nitrogens is 1. The first-order chi connectivity index (χ1) is 11.2. The van der Waals surface area contributed by atoms with Crippen molar-refractivity contribution >= 4 is 17.0 Å². The van der Waals surface area contributed by atoms with Crippen LogP contribution in [0.3, 0.4) is 0 Å². The molecular formula is C18H18N2O2S. The van der Waals surface area contributed by atoms with E-state index in [1.54, 1.807) is 25.6 Å². The second kappa shape index (κ2) is 6.71. The van der Waals surface area contributed by atoms with Crippen LogP contribution < -0.4 is 15.2 Å². The molecule has 0 aliphatic heterocycles. The van der Waals surface area contributed by atoms with E-state index in [9.17, 15) is 0 Å². The molecule has 3 aromatic rings. The molecule has 2 N–H and O–H groups in total. The molecule has 0 atom stereocenters. The van der Waals surface area contributed by atoms with Crippen LogP contribution in [-0.4, -0.2) is 19.2 Å². The van der Waals surface area contributed by atoms with Crippen molar-refractivity contribution in [2.75, 3.05) is 20.0 Å². The van der Waals surface area contributed by atoms with Crippen LogP contribution in [0.4, 0.5) is 5.69 Å². The summed E-state index contributed by atoms with van der Waals surface area (Å²) in [6.45, 7) is 0. The van der Waals surface area contributed by atoms with Crippen molar-refractivity contribution in [2.24, 2.45) is 0 Å². The molecule has 1 heterocycles. The van der Waals surface area contributed by atoms with E-state index in [2.05, 4.69) is 6.07 Å². The summed E-state index contributed by atoms with van der Waals surface area (Å²) in [6.07, 6.45) is 0.750. The molecule has 0 aliphatic rings. The molecule has 0 spiro atoms. The molecule has 0 fully saturated rings. The summed E-state index contributed by atoms with van der Waals surface area (Å²) < 4.78 is 10.6. The van der Waals surface area contributed by atoms with Crippen LogP contribution in [0.5, 0.6) is 11.5 Å². The number of rotatable bonds is 5. The normalized spacial score (nSPS) is 10.5. The summed E-state index contributed by atoms with van der Waals surface area (Å²) in [7, 11) is 3.30. The summed E-state index contributed by atoms with van der Waals surface area (Å²) in [5.74, 6) is 1.57. The Bertz CT molecular complexity index is 814. The lowest BCUT2D eigenvalue weighted by atomic mass is 10.1. The molecule has 3 rings (SSSR count). The van der Waals surface area contributed by atoms with Crippen LogP contribution >= 0.6 is 11.3 Å².